The second-order valence-corrected chi connectivity index (χ2v) is 9.98. The number of amides is 1. The number of aryl methyl sites for hydroxylation is 1. The van der Waals surface area contributed by atoms with Crippen LogP contribution >= 0.6 is 0 Å². The highest BCUT2D eigenvalue weighted by Crippen LogP contribution is 2.35. The molecule has 0 saturated carbocycles. The molecule has 0 spiro atoms. The molecule has 1 aliphatic heterocycles. The summed E-state index contributed by atoms with van der Waals surface area (Å²) in [5, 5.41) is 5.51. The number of likely N-dealkylation sites (tertiary alicyclic amines) is 1. The number of carbonyl (C=O) groups is 1. The van der Waals surface area contributed by atoms with E-state index in [9.17, 15) is 4.79 Å². The fourth-order valence-electron chi connectivity index (χ4n) is 4.49. The highest BCUT2D eigenvalue weighted by molar-refractivity contribution is 5.93. The minimum absolute atomic E-state index is 0.168. The average molecular weight is 500 g/mol. The molecule has 190 valence electrons. The maximum absolute atomic E-state index is 12.9. The lowest BCUT2D eigenvalue weighted by Crippen LogP contribution is -2.35. The van der Waals surface area contributed by atoms with Crippen LogP contribution in [0.25, 0.3) is 21.9 Å². The summed E-state index contributed by atoms with van der Waals surface area (Å²) in [5.74, 6) is 7.57. The maximum Gasteiger partial charge on any atom is 0.414 e. The number of benzene rings is 1. The largest absolute Gasteiger partial charge is 0.503 e. The van der Waals surface area contributed by atoms with Gasteiger partial charge in [0.2, 0.25) is 0 Å². The van der Waals surface area contributed by atoms with Gasteiger partial charge in [0, 0.05) is 18.2 Å². The van der Waals surface area contributed by atoms with E-state index in [1.165, 1.54) is 0 Å². The third kappa shape index (κ3) is 4.80. The Morgan fingerprint density at radius 2 is 2.08 bits per heavy atom. The normalized spacial score (nSPS) is 16.8. The van der Waals surface area contributed by atoms with E-state index in [-0.39, 0.29) is 6.04 Å². The highest BCUT2D eigenvalue weighted by atomic mass is 16.6. The first-order valence-electron chi connectivity index (χ1n) is 12.0. The number of nitrogens with one attached hydrogen (secondary N) is 1. The Morgan fingerprint density at radius 1 is 1.27 bits per heavy atom. The molecule has 0 bridgehead atoms. The van der Waals surface area contributed by atoms with Crippen molar-refractivity contribution in [2.24, 2.45) is 0 Å². The molecule has 3 N–H and O–H groups in total. The van der Waals surface area contributed by atoms with E-state index >= 15 is 0 Å². The Labute approximate surface area is 214 Å². The van der Waals surface area contributed by atoms with Crippen LogP contribution in [0.1, 0.15) is 50.3 Å². The van der Waals surface area contributed by atoms with Gasteiger partial charge >= 0.3 is 6.09 Å². The molecule has 4 heterocycles. The number of aromatic amines is 1. The summed E-state index contributed by atoms with van der Waals surface area (Å²) in [7, 11) is 1.55. The predicted octanol–water partition coefficient (Wildman–Crippen LogP) is 4.27. The van der Waals surface area contributed by atoms with Gasteiger partial charge in [-0.25, -0.2) is 14.8 Å². The van der Waals surface area contributed by atoms with Crippen LogP contribution in [-0.2, 0) is 9.47 Å². The van der Waals surface area contributed by atoms with Gasteiger partial charge in [0.15, 0.2) is 0 Å². The third-order valence-electron chi connectivity index (χ3n) is 5.97. The number of carbonyl (C=O) groups excluding carboxylic acids is 1. The van der Waals surface area contributed by atoms with Gasteiger partial charge in [-0.3, -0.25) is 9.58 Å². The van der Waals surface area contributed by atoms with Crippen molar-refractivity contribution >= 4 is 33.8 Å². The van der Waals surface area contributed by atoms with Crippen LogP contribution in [0, 0.1) is 18.8 Å². The number of anilines is 1. The second-order valence-electron chi connectivity index (χ2n) is 9.98. The van der Waals surface area contributed by atoms with E-state index < -0.39 is 11.7 Å². The zero-order chi connectivity index (χ0) is 26.3. The topological polar surface area (TPSA) is 124 Å². The minimum atomic E-state index is -0.619. The van der Waals surface area contributed by atoms with Crippen LogP contribution in [0.3, 0.4) is 0 Å². The molecule has 0 unspecified atom stereocenters. The fourth-order valence-corrected chi connectivity index (χ4v) is 4.49. The van der Waals surface area contributed by atoms with E-state index in [2.05, 4.69) is 26.8 Å². The zero-order valence-electron chi connectivity index (χ0n) is 21.5. The molecule has 4 aromatic rings. The third-order valence-corrected chi connectivity index (χ3v) is 5.97. The van der Waals surface area contributed by atoms with Gasteiger partial charge in [0.1, 0.15) is 29.2 Å². The van der Waals surface area contributed by atoms with E-state index in [1.807, 2.05) is 56.6 Å². The Bertz CT molecular complexity index is 1600. The average Bonchev–Trinajstić information content (AvgIpc) is 3.51. The number of hydrogen-bond acceptors (Lipinski definition) is 7. The van der Waals surface area contributed by atoms with Crippen molar-refractivity contribution in [3.8, 4) is 11.8 Å². The monoisotopic (exact) mass is 499 g/mol. The standard InChI is InChI=1S/C27H29N7O3/c1-16-30-20-8-6-17(12-22(20)31-16)7-9-21-24-23(10-11-29-25(24)28)34(32-21)18-13-19(15-36-5)33(14-18)26(35)37-27(2,3)4/h6,8,10-12,15,18H,13-14H2,1-5H3,(H2,28,29)(H,30,31)/b19-15+/t18-/m0/s1. The van der Waals surface area contributed by atoms with Crippen LogP contribution in [-0.4, -0.2) is 55.0 Å². The number of methoxy groups -OCH3 is 1. The van der Waals surface area contributed by atoms with Crippen molar-refractivity contribution in [1.29, 1.82) is 0 Å². The summed E-state index contributed by atoms with van der Waals surface area (Å²) < 4.78 is 12.7. The first-order valence-corrected chi connectivity index (χ1v) is 12.0. The van der Waals surface area contributed by atoms with Gasteiger partial charge in [0.25, 0.3) is 0 Å². The van der Waals surface area contributed by atoms with E-state index in [4.69, 9.17) is 20.3 Å². The summed E-state index contributed by atoms with van der Waals surface area (Å²) in [5.41, 5.74) is 10.3. The molecule has 0 aliphatic carbocycles. The van der Waals surface area contributed by atoms with Crippen molar-refractivity contribution < 1.29 is 14.3 Å². The molecule has 0 radical (unpaired) electrons. The zero-order valence-corrected chi connectivity index (χ0v) is 21.5. The molecule has 1 amide bonds. The number of ether oxygens (including phenoxy) is 2. The summed E-state index contributed by atoms with van der Waals surface area (Å²) in [6, 6.07) is 7.51. The minimum Gasteiger partial charge on any atom is -0.503 e. The van der Waals surface area contributed by atoms with Gasteiger partial charge in [0.05, 0.1) is 47.3 Å². The van der Waals surface area contributed by atoms with Gasteiger partial charge in [-0.1, -0.05) is 5.92 Å². The molecule has 1 atom stereocenters. The lowest BCUT2D eigenvalue weighted by atomic mass is 10.2. The van der Waals surface area contributed by atoms with Gasteiger partial charge in [-0.2, -0.15) is 5.10 Å². The first kappa shape index (κ1) is 24.2. The number of rotatable bonds is 2. The lowest BCUT2D eigenvalue weighted by molar-refractivity contribution is 0.0326. The second kappa shape index (κ2) is 9.17. The van der Waals surface area contributed by atoms with Gasteiger partial charge in [-0.05, 0) is 57.9 Å². The maximum atomic E-state index is 12.9. The number of H-pyrrole nitrogens is 1. The first-order chi connectivity index (χ1) is 17.6. The summed E-state index contributed by atoms with van der Waals surface area (Å²) in [4.78, 5) is 26.4. The molecule has 3 aromatic heterocycles. The number of aromatic nitrogens is 5. The molecular formula is C27H29N7O3. The predicted molar refractivity (Wildman–Crippen MR) is 140 cm³/mol. The molecule has 1 aliphatic rings. The van der Waals surface area contributed by atoms with Crippen molar-refractivity contribution in [2.45, 2.75) is 45.8 Å². The van der Waals surface area contributed by atoms with Crippen molar-refractivity contribution in [1.82, 2.24) is 29.6 Å². The van der Waals surface area contributed by atoms with Crippen LogP contribution in [0.5, 0.6) is 0 Å². The fraction of sp³-hybridized carbons (Fsp3) is 0.333. The molecule has 1 saturated heterocycles. The van der Waals surface area contributed by atoms with Gasteiger partial charge in [-0.15, -0.1) is 0 Å². The number of nitrogens with two attached hydrogens (primary N) is 1. The SMILES string of the molecule is CO/C=C1\C[C@H](n2nc(C#Cc3ccc4nc(C)[nH]c4c3)c3c(N)nccc32)CN1C(=O)OC(C)(C)C. The number of nitrogens with zero attached hydrogens (tertiary/aromatic N) is 5. The molecule has 1 fully saturated rings. The quantitative estimate of drug-likeness (QED) is 0.312. The Kier molecular flexibility index (Phi) is 5.99. The molecule has 1 aromatic carbocycles. The number of pyridine rings is 1. The van der Waals surface area contributed by atoms with Crippen LogP contribution in [0.2, 0.25) is 0 Å². The summed E-state index contributed by atoms with van der Waals surface area (Å²) >= 11 is 0. The summed E-state index contributed by atoms with van der Waals surface area (Å²) in [6.07, 6.45) is 3.31. The number of hydrogen-bond donors (Lipinski definition) is 2. The molecule has 10 heteroatoms. The van der Waals surface area contributed by atoms with Crippen molar-refractivity contribution in [3.63, 3.8) is 0 Å². The van der Waals surface area contributed by atoms with Crippen LogP contribution in [0.4, 0.5) is 10.6 Å². The molecular weight excluding hydrogens is 470 g/mol. The van der Waals surface area contributed by atoms with Crippen LogP contribution in [0.15, 0.2) is 42.4 Å². The van der Waals surface area contributed by atoms with E-state index in [1.54, 1.807) is 24.5 Å². The lowest BCUT2D eigenvalue weighted by Gasteiger charge is -2.25. The van der Waals surface area contributed by atoms with Gasteiger partial charge < -0.3 is 20.2 Å². The van der Waals surface area contributed by atoms with E-state index in [0.29, 0.717) is 35.6 Å². The number of imidazole rings is 1. The van der Waals surface area contributed by atoms with E-state index in [0.717, 1.165) is 27.9 Å². The molecule has 37 heavy (non-hydrogen) atoms. The number of allylic oxidation sites excluding steroid dienone is 1. The highest BCUT2D eigenvalue weighted by Gasteiger charge is 2.36. The molecule has 5 rings (SSSR count). The smallest absolute Gasteiger partial charge is 0.414 e. The molecule has 10 nitrogen and oxygen atoms in total. The van der Waals surface area contributed by atoms with Crippen molar-refractivity contribution in [3.05, 3.63) is 59.5 Å². The summed E-state index contributed by atoms with van der Waals surface area (Å²) in [6.45, 7) is 7.80. The Morgan fingerprint density at radius 3 is 2.84 bits per heavy atom. The Hall–Kier alpha value is -4.52. The Balaban J connectivity index is 1.52. The number of nitrogen functional groups attached to an aromatic ring is 1. The number of fused-ring (bicyclic) bond motifs is 2. The van der Waals surface area contributed by atoms with Crippen LogP contribution < -0.4 is 5.73 Å². The van der Waals surface area contributed by atoms with Crippen molar-refractivity contribution in [2.75, 3.05) is 19.4 Å².